The van der Waals surface area contributed by atoms with E-state index < -0.39 is 0 Å². The van der Waals surface area contributed by atoms with Crippen LogP contribution in [0.1, 0.15) is 24.2 Å². The number of rotatable bonds is 2. The molecule has 0 saturated heterocycles. The minimum atomic E-state index is 0.399. The van der Waals surface area contributed by atoms with E-state index in [-0.39, 0.29) is 0 Å². The van der Waals surface area contributed by atoms with Crippen LogP contribution in [-0.2, 0) is 0 Å². The first-order valence-corrected chi connectivity index (χ1v) is 5.78. The number of fused-ring (bicyclic) bond motifs is 3. The van der Waals surface area contributed by atoms with Gasteiger partial charge in [-0.3, -0.25) is 0 Å². The molecule has 0 spiro atoms. The molecule has 3 rings (SSSR count). The van der Waals surface area contributed by atoms with Gasteiger partial charge in [-0.2, -0.15) is 0 Å². The van der Waals surface area contributed by atoms with E-state index in [1.54, 1.807) is 0 Å². The highest BCUT2D eigenvalue weighted by Crippen LogP contribution is 2.39. The van der Waals surface area contributed by atoms with Crippen molar-refractivity contribution in [2.75, 3.05) is 6.54 Å². The Balaban J connectivity index is 2.17. The molecule has 2 nitrogen and oxygen atoms in total. The van der Waals surface area contributed by atoms with Crippen molar-refractivity contribution in [3.63, 3.8) is 0 Å². The lowest BCUT2D eigenvalue weighted by molar-refractivity contribution is 0.632. The van der Waals surface area contributed by atoms with Gasteiger partial charge in [-0.15, -0.1) is 11.3 Å². The summed E-state index contributed by atoms with van der Waals surface area (Å²) in [5.74, 6) is 0. The molecule has 14 heavy (non-hydrogen) atoms. The molecule has 0 bridgehead atoms. The SMILES string of the molecule is CCNC1c2ccsc2-n2cccc21. The van der Waals surface area contributed by atoms with Crippen molar-refractivity contribution in [1.82, 2.24) is 9.88 Å². The molecule has 1 aliphatic heterocycles. The first kappa shape index (κ1) is 8.26. The Kier molecular flexibility index (Phi) is 1.75. The maximum atomic E-state index is 3.51. The molecule has 3 heteroatoms. The van der Waals surface area contributed by atoms with Crippen molar-refractivity contribution < 1.29 is 0 Å². The van der Waals surface area contributed by atoms with Crippen LogP contribution in [0.4, 0.5) is 0 Å². The van der Waals surface area contributed by atoms with E-state index in [4.69, 9.17) is 0 Å². The second-order valence-corrected chi connectivity index (χ2v) is 4.37. The Morgan fingerprint density at radius 2 is 2.43 bits per heavy atom. The molecule has 1 atom stereocenters. The monoisotopic (exact) mass is 204 g/mol. The maximum absolute atomic E-state index is 3.51. The molecule has 0 saturated carbocycles. The number of nitrogens with zero attached hydrogens (tertiary/aromatic N) is 1. The highest BCUT2D eigenvalue weighted by Gasteiger charge is 2.28. The Morgan fingerprint density at radius 1 is 1.50 bits per heavy atom. The highest BCUT2D eigenvalue weighted by atomic mass is 32.1. The van der Waals surface area contributed by atoms with Gasteiger partial charge in [-0.25, -0.2) is 0 Å². The Labute approximate surface area is 87.2 Å². The molecule has 1 unspecified atom stereocenters. The average Bonchev–Trinajstić information content (AvgIpc) is 2.83. The molecule has 0 aliphatic carbocycles. The summed E-state index contributed by atoms with van der Waals surface area (Å²) < 4.78 is 2.29. The lowest BCUT2D eigenvalue weighted by Gasteiger charge is -2.10. The minimum Gasteiger partial charge on any atom is -0.310 e. The van der Waals surface area contributed by atoms with Crippen LogP contribution >= 0.6 is 11.3 Å². The van der Waals surface area contributed by atoms with Crippen molar-refractivity contribution in [2.24, 2.45) is 0 Å². The third-order valence-corrected chi connectivity index (χ3v) is 3.62. The van der Waals surface area contributed by atoms with E-state index in [0.717, 1.165) is 6.54 Å². The van der Waals surface area contributed by atoms with Crippen molar-refractivity contribution in [3.8, 4) is 5.00 Å². The zero-order valence-corrected chi connectivity index (χ0v) is 8.84. The first-order valence-electron chi connectivity index (χ1n) is 4.90. The molecule has 1 N–H and O–H groups in total. The standard InChI is InChI=1S/C11H12N2S/c1-2-12-10-8-5-7-14-11(8)13-6-3-4-9(10)13/h3-7,10,12H,2H2,1H3. The van der Waals surface area contributed by atoms with Gasteiger partial charge in [-0.05, 0) is 30.1 Å². The Morgan fingerprint density at radius 3 is 3.29 bits per heavy atom. The van der Waals surface area contributed by atoms with Gasteiger partial charge in [0.2, 0.25) is 0 Å². The summed E-state index contributed by atoms with van der Waals surface area (Å²) in [5.41, 5.74) is 2.79. The van der Waals surface area contributed by atoms with Crippen LogP contribution < -0.4 is 5.32 Å². The minimum absolute atomic E-state index is 0.399. The average molecular weight is 204 g/mol. The summed E-state index contributed by atoms with van der Waals surface area (Å²) in [7, 11) is 0. The topological polar surface area (TPSA) is 17.0 Å². The van der Waals surface area contributed by atoms with Gasteiger partial charge < -0.3 is 9.88 Å². The second-order valence-electron chi connectivity index (χ2n) is 3.47. The van der Waals surface area contributed by atoms with Gasteiger partial charge in [0.05, 0.1) is 6.04 Å². The zero-order valence-electron chi connectivity index (χ0n) is 8.03. The normalized spacial score (nSPS) is 18.2. The summed E-state index contributed by atoms with van der Waals surface area (Å²) in [5, 5.41) is 7.05. The molecule has 72 valence electrons. The van der Waals surface area contributed by atoms with Crippen LogP contribution in [0.5, 0.6) is 0 Å². The maximum Gasteiger partial charge on any atom is 0.104 e. The predicted octanol–water partition coefficient (Wildman–Crippen LogP) is 2.55. The first-order chi connectivity index (χ1) is 6.92. The van der Waals surface area contributed by atoms with Gasteiger partial charge >= 0.3 is 0 Å². The van der Waals surface area contributed by atoms with E-state index in [1.165, 1.54) is 16.3 Å². The molecular formula is C11H12N2S. The molecule has 0 fully saturated rings. The van der Waals surface area contributed by atoms with Gasteiger partial charge in [0.1, 0.15) is 5.00 Å². The van der Waals surface area contributed by atoms with E-state index in [1.807, 2.05) is 11.3 Å². The van der Waals surface area contributed by atoms with Crippen LogP contribution in [0.3, 0.4) is 0 Å². The molecule has 2 aromatic rings. The van der Waals surface area contributed by atoms with E-state index in [2.05, 4.69) is 46.6 Å². The summed E-state index contributed by atoms with van der Waals surface area (Å²) in [6.45, 7) is 3.16. The van der Waals surface area contributed by atoms with Gasteiger partial charge in [-0.1, -0.05) is 6.92 Å². The summed E-state index contributed by atoms with van der Waals surface area (Å²) in [6.07, 6.45) is 2.14. The van der Waals surface area contributed by atoms with E-state index in [9.17, 15) is 0 Å². The Hall–Kier alpha value is -1.06. The predicted molar refractivity (Wildman–Crippen MR) is 59.2 cm³/mol. The number of hydrogen-bond acceptors (Lipinski definition) is 2. The molecule has 0 amide bonds. The fraction of sp³-hybridized carbons (Fsp3) is 0.273. The molecule has 2 aromatic heterocycles. The molecule has 0 radical (unpaired) electrons. The summed E-state index contributed by atoms with van der Waals surface area (Å²) in [4.78, 5) is 0. The number of aromatic nitrogens is 1. The number of nitrogens with one attached hydrogen (secondary N) is 1. The van der Waals surface area contributed by atoms with Crippen molar-refractivity contribution in [2.45, 2.75) is 13.0 Å². The quantitative estimate of drug-likeness (QED) is 0.795. The zero-order chi connectivity index (χ0) is 9.54. The number of hydrogen-bond donors (Lipinski definition) is 1. The van der Waals surface area contributed by atoms with E-state index >= 15 is 0 Å². The van der Waals surface area contributed by atoms with Crippen LogP contribution in [-0.4, -0.2) is 11.1 Å². The smallest absolute Gasteiger partial charge is 0.104 e. The summed E-state index contributed by atoms with van der Waals surface area (Å²) in [6, 6.07) is 6.93. The molecular weight excluding hydrogens is 192 g/mol. The van der Waals surface area contributed by atoms with Crippen molar-refractivity contribution >= 4 is 11.3 Å². The molecule has 3 heterocycles. The van der Waals surface area contributed by atoms with Crippen LogP contribution in [0.25, 0.3) is 5.00 Å². The van der Waals surface area contributed by atoms with Gasteiger partial charge in [0.15, 0.2) is 0 Å². The molecule has 1 aliphatic rings. The fourth-order valence-electron chi connectivity index (χ4n) is 2.12. The largest absolute Gasteiger partial charge is 0.310 e. The third-order valence-electron chi connectivity index (χ3n) is 2.69. The van der Waals surface area contributed by atoms with Crippen LogP contribution in [0.15, 0.2) is 29.8 Å². The van der Waals surface area contributed by atoms with Gasteiger partial charge in [0, 0.05) is 17.5 Å². The lowest BCUT2D eigenvalue weighted by atomic mass is 10.1. The van der Waals surface area contributed by atoms with Crippen molar-refractivity contribution in [1.29, 1.82) is 0 Å². The third kappa shape index (κ3) is 0.938. The van der Waals surface area contributed by atoms with Crippen LogP contribution in [0.2, 0.25) is 0 Å². The fourth-order valence-corrected chi connectivity index (χ4v) is 3.06. The van der Waals surface area contributed by atoms with Crippen LogP contribution in [0, 0.1) is 0 Å². The number of thiophene rings is 1. The Bertz CT molecular complexity index is 415. The molecule has 0 aromatic carbocycles. The highest BCUT2D eigenvalue weighted by molar-refractivity contribution is 7.12. The van der Waals surface area contributed by atoms with E-state index in [0.29, 0.717) is 6.04 Å². The van der Waals surface area contributed by atoms with Crippen molar-refractivity contribution in [3.05, 3.63) is 41.0 Å². The lowest BCUT2D eigenvalue weighted by Crippen LogP contribution is -2.19. The van der Waals surface area contributed by atoms with Gasteiger partial charge in [0.25, 0.3) is 0 Å². The summed E-state index contributed by atoms with van der Waals surface area (Å²) >= 11 is 1.81. The second kappa shape index (κ2) is 2.97.